The van der Waals surface area contributed by atoms with Crippen LogP contribution in [0.4, 0.5) is 11.4 Å². The number of ketones is 2. The first-order valence-corrected chi connectivity index (χ1v) is 14.4. The Morgan fingerprint density at radius 1 is 0.632 bits per heavy atom. The van der Waals surface area contributed by atoms with Gasteiger partial charge in [-0.15, -0.1) is 22.7 Å². The van der Waals surface area contributed by atoms with Crippen LogP contribution < -0.4 is 10.6 Å². The first-order chi connectivity index (χ1) is 17.9. The Balaban J connectivity index is 1.25. The molecule has 0 bridgehead atoms. The summed E-state index contributed by atoms with van der Waals surface area (Å²) in [5, 5.41) is 12.3. The number of hydrogen-bond acceptors (Lipinski definition) is 8. The maximum atomic E-state index is 12.8. The van der Waals surface area contributed by atoms with Gasteiger partial charge in [0.2, 0.25) is 11.6 Å². The van der Waals surface area contributed by atoms with E-state index in [4.69, 9.17) is 0 Å². The van der Waals surface area contributed by atoms with Crippen LogP contribution >= 0.6 is 22.7 Å². The molecule has 0 fully saturated rings. The molecule has 2 heterocycles. The molecular weight excluding hydrogens is 512 g/mol. The van der Waals surface area contributed by atoms with Crippen molar-refractivity contribution in [1.82, 2.24) is 9.97 Å². The Morgan fingerprint density at radius 2 is 0.974 bits per heavy atom. The SMILES string of the molecule is CC(C)(C)c1nc(C(=O)c2ccc(NCCNc3ccc(C(=O)c4csc(C(C)(C)C)n4)cc3)cc2)cs1. The second-order valence-corrected chi connectivity index (χ2v) is 13.0. The molecule has 4 rings (SSSR count). The van der Waals surface area contributed by atoms with Crippen molar-refractivity contribution in [2.24, 2.45) is 0 Å². The number of nitrogens with one attached hydrogen (secondary N) is 2. The van der Waals surface area contributed by atoms with Crippen molar-refractivity contribution in [3.8, 4) is 0 Å². The summed E-state index contributed by atoms with van der Waals surface area (Å²) in [7, 11) is 0. The fourth-order valence-electron chi connectivity index (χ4n) is 3.63. The van der Waals surface area contributed by atoms with E-state index in [9.17, 15) is 9.59 Å². The predicted molar refractivity (Wildman–Crippen MR) is 158 cm³/mol. The summed E-state index contributed by atoms with van der Waals surface area (Å²) in [6.07, 6.45) is 0. The predicted octanol–water partition coefficient (Wildman–Crippen LogP) is 7.18. The van der Waals surface area contributed by atoms with Crippen LogP contribution in [0.5, 0.6) is 0 Å². The van der Waals surface area contributed by atoms with Crippen LogP contribution in [0.1, 0.15) is 83.7 Å². The lowest BCUT2D eigenvalue weighted by Gasteiger charge is -2.13. The number of carbonyl (C=O) groups is 2. The van der Waals surface area contributed by atoms with E-state index in [-0.39, 0.29) is 22.4 Å². The highest BCUT2D eigenvalue weighted by atomic mass is 32.1. The maximum absolute atomic E-state index is 12.8. The molecular formula is C30H34N4O2S2. The van der Waals surface area contributed by atoms with Crippen LogP contribution in [0.25, 0.3) is 0 Å². The average Bonchev–Trinajstić information content (AvgIpc) is 3.57. The zero-order valence-corrected chi connectivity index (χ0v) is 24.3. The van der Waals surface area contributed by atoms with Crippen molar-refractivity contribution in [2.45, 2.75) is 52.4 Å². The average molecular weight is 547 g/mol. The normalized spacial score (nSPS) is 11.8. The Kier molecular flexibility index (Phi) is 8.13. The summed E-state index contributed by atoms with van der Waals surface area (Å²) in [5.74, 6) is -0.118. The van der Waals surface area contributed by atoms with Gasteiger partial charge in [0, 0.05) is 57.2 Å². The minimum Gasteiger partial charge on any atom is -0.383 e. The largest absolute Gasteiger partial charge is 0.383 e. The highest BCUT2D eigenvalue weighted by Gasteiger charge is 2.22. The number of thiazole rings is 2. The van der Waals surface area contributed by atoms with Gasteiger partial charge in [-0.3, -0.25) is 9.59 Å². The Hall–Kier alpha value is -3.36. The Labute approximate surface area is 232 Å². The molecule has 8 heteroatoms. The molecule has 2 aromatic carbocycles. The molecule has 0 saturated carbocycles. The van der Waals surface area contributed by atoms with Gasteiger partial charge in [-0.25, -0.2) is 9.97 Å². The van der Waals surface area contributed by atoms with Gasteiger partial charge < -0.3 is 10.6 Å². The van der Waals surface area contributed by atoms with Gasteiger partial charge in [0.25, 0.3) is 0 Å². The van der Waals surface area contributed by atoms with E-state index >= 15 is 0 Å². The monoisotopic (exact) mass is 546 g/mol. The molecule has 0 aliphatic rings. The summed E-state index contributed by atoms with van der Waals surface area (Å²) >= 11 is 3.05. The van der Waals surface area contributed by atoms with E-state index in [1.165, 1.54) is 22.7 Å². The molecule has 0 radical (unpaired) electrons. The smallest absolute Gasteiger partial charge is 0.212 e. The zero-order valence-electron chi connectivity index (χ0n) is 22.7. The maximum Gasteiger partial charge on any atom is 0.212 e. The van der Waals surface area contributed by atoms with E-state index < -0.39 is 0 Å². The first-order valence-electron chi connectivity index (χ1n) is 12.6. The summed E-state index contributed by atoms with van der Waals surface area (Å²) in [4.78, 5) is 34.7. The fourth-order valence-corrected chi connectivity index (χ4v) is 5.41. The molecule has 198 valence electrons. The van der Waals surface area contributed by atoms with Crippen LogP contribution in [0.2, 0.25) is 0 Å². The third-order valence-electron chi connectivity index (χ3n) is 5.83. The molecule has 2 aromatic heterocycles. The van der Waals surface area contributed by atoms with Crippen molar-refractivity contribution >= 4 is 45.6 Å². The summed E-state index contributed by atoms with van der Waals surface area (Å²) in [6, 6.07) is 15.0. The third-order valence-corrected chi connectivity index (χ3v) is 8.37. The number of aromatic nitrogens is 2. The first kappa shape index (κ1) is 27.7. The lowest BCUT2D eigenvalue weighted by molar-refractivity contribution is 0.102. The van der Waals surface area contributed by atoms with Crippen molar-refractivity contribution in [3.63, 3.8) is 0 Å². The standard InChI is InChI=1S/C30H34N4O2S2/c1-29(2,3)27-33-23(17-37-27)25(35)19-7-11-21(12-8-19)31-15-16-32-22-13-9-20(10-14-22)26(36)24-18-38-28(34-24)30(4,5)6/h7-14,17-18,31-32H,15-16H2,1-6H3. The summed E-state index contributed by atoms with van der Waals surface area (Å²) in [6.45, 7) is 14.0. The van der Waals surface area contributed by atoms with E-state index in [1.807, 2.05) is 59.3 Å². The highest BCUT2D eigenvalue weighted by molar-refractivity contribution is 7.10. The van der Waals surface area contributed by atoms with Crippen molar-refractivity contribution in [3.05, 3.63) is 91.8 Å². The molecule has 6 nitrogen and oxygen atoms in total. The van der Waals surface area contributed by atoms with Crippen LogP contribution in [0.3, 0.4) is 0 Å². The van der Waals surface area contributed by atoms with Gasteiger partial charge in [0.1, 0.15) is 11.4 Å². The number of nitrogens with zero attached hydrogens (tertiary/aromatic N) is 2. The van der Waals surface area contributed by atoms with E-state index in [2.05, 4.69) is 62.1 Å². The number of anilines is 2. The molecule has 0 aliphatic heterocycles. The Morgan fingerprint density at radius 3 is 1.26 bits per heavy atom. The van der Waals surface area contributed by atoms with Crippen LogP contribution in [-0.2, 0) is 10.8 Å². The van der Waals surface area contributed by atoms with Gasteiger partial charge in [0.05, 0.1) is 10.0 Å². The fraction of sp³-hybridized carbons (Fsp3) is 0.333. The molecule has 2 N–H and O–H groups in total. The minimum absolute atomic E-state index is 0.0590. The number of benzene rings is 2. The van der Waals surface area contributed by atoms with Crippen LogP contribution in [-0.4, -0.2) is 34.6 Å². The van der Waals surface area contributed by atoms with E-state index in [0.29, 0.717) is 35.6 Å². The quantitative estimate of drug-likeness (QED) is 0.171. The molecule has 38 heavy (non-hydrogen) atoms. The molecule has 0 aliphatic carbocycles. The van der Waals surface area contributed by atoms with Gasteiger partial charge in [0.15, 0.2) is 0 Å². The van der Waals surface area contributed by atoms with E-state index in [1.54, 1.807) is 0 Å². The number of carbonyl (C=O) groups excluding carboxylic acids is 2. The van der Waals surface area contributed by atoms with Gasteiger partial charge in [-0.05, 0) is 48.5 Å². The summed E-state index contributed by atoms with van der Waals surface area (Å²) < 4.78 is 0. The van der Waals surface area contributed by atoms with Crippen molar-refractivity contribution < 1.29 is 9.59 Å². The minimum atomic E-state index is -0.0669. The van der Waals surface area contributed by atoms with Crippen LogP contribution in [0.15, 0.2) is 59.3 Å². The van der Waals surface area contributed by atoms with Crippen molar-refractivity contribution in [2.75, 3.05) is 23.7 Å². The molecule has 4 aromatic rings. The van der Waals surface area contributed by atoms with Gasteiger partial charge in [-0.1, -0.05) is 41.5 Å². The molecule has 0 spiro atoms. The zero-order chi connectivity index (χ0) is 27.5. The lowest BCUT2D eigenvalue weighted by atomic mass is 9.98. The summed E-state index contributed by atoms with van der Waals surface area (Å²) in [5.41, 5.74) is 4.00. The van der Waals surface area contributed by atoms with Crippen molar-refractivity contribution in [1.29, 1.82) is 0 Å². The molecule has 0 amide bonds. The molecule has 0 unspecified atom stereocenters. The molecule has 0 atom stereocenters. The van der Waals surface area contributed by atoms with Gasteiger partial charge >= 0.3 is 0 Å². The second-order valence-electron chi connectivity index (χ2n) is 11.2. The second kappa shape index (κ2) is 11.2. The molecule has 0 saturated heterocycles. The third kappa shape index (κ3) is 6.74. The van der Waals surface area contributed by atoms with Crippen LogP contribution in [0, 0.1) is 0 Å². The van der Waals surface area contributed by atoms with Gasteiger partial charge in [-0.2, -0.15) is 0 Å². The Bertz CT molecular complexity index is 1300. The number of hydrogen-bond donors (Lipinski definition) is 2. The number of rotatable bonds is 9. The topological polar surface area (TPSA) is 84.0 Å². The lowest BCUT2D eigenvalue weighted by Crippen LogP contribution is -2.14. The highest BCUT2D eigenvalue weighted by Crippen LogP contribution is 2.28. The van der Waals surface area contributed by atoms with E-state index in [0.717, 1.165) is 21.4 Å².